The molecule has 0 bridgehead atoms. The molecule has 9 heteroatoms. The number of rotatable bonds is 10. The number of allylic oxidation sites excluding steroid dienone is 1. The first kappa shape index (κ1) is 29.9. The number of aromatic nitrogens is 1. The summed E-state index contributed by atoms with van der Waals surface area (Å²) in [5.74, 6) is 6.47. The second kappa shape index (κ2) is 14.5. The van der Waals surface area contributed by atoms with Crippen LogP contribution in [-0.4, -0.2) is 54.0 Å². The Kier molecular flexibility index (Phi) is 10.9. The minimum Gasteiger partial charge on any atom is -0.496 e. The van der Waals surface area contributed by atoms with E-state index in [1.54, 1.807) is 37.3 Å². The second-order valence-electron chi connectivity index (χ2n) is 9.86. The van der Waals surface area contributed by atoms with Crippen LogP contribution in [-0.2, 0) is 25.7 Å². The Morgan fingerprint density at radius 3 is 2.80 bits per heavy atom. The van der Waals surface area contributed by atoms with Gasteiger partial charge in [0.2, 0.25) is 5.91 Å². The van der Waals surface area contributed by atoms with Gasteiger partial charge in [0.15, 0.2) is 0 Å². The number of carbonyl (C=O) groups excluding carboxylic acids is 2. The molecule has 1 aromatic heterocycles. The van der Waals surface area contributed by atoms with Crippen molar-refractivity contribution in [3.05, 3.63) is 69.6 Å². The molecule has 0 radical (unpaired) electrons. The van der Waals surface area contributed by atoms with Gasteiger partial charge in [0.05, 0.1) is 25.3 Å². The number of methoxy groups -OCH3 is 1. The van der Waals surface area contributed by atoms with Gasteiger partial charge in [-0.15, -0.1) is 11.6 Å². The standard InChI is InChI=1S/C31H34Cl2N2O5/c1-21-30(31(37)40-20-24-11-10-22(16-27(24)38-2)8-5-3-4-6-14-32)26(23-12-13-28(33)34-18-23)17-29(36)35(21)19-25-9-7-15-39-25/h10-13,16,18,25-26H,3-4,6-7,9,14-15,17,19-20H2,1-2H3/t25-,26?/m1/s1. The Bertz CT molecular complexity index is 1290. The van der Waals surface area contributed by atoms with Crippen molar-refractivity contribution < 1.29 is 23.8 Å². The van der Waals surface area contributed by atoms with Crippen LogP contribution in [0.2, 0.25) is 5.15 Å². The normalized spacial score (nSPS) is 18.9. The number of esters is 1. The number of pyridine rings is 1. The van der Waals surface area contributed by atoms with Crippen LogP contribution in [0.15, 0.2) is 47.8 Å². The molecule has 3 heterocycles. The fourth-order valence-corrected chi connectivity index (χ4v) is 5.31. The first-order chi connectivity index (χ1) is 19.4. The van der Waals surface area contributed by atoms with Gasteiger partial charge in [-0.05, 0) is 56.4 Å². The molecule has 1 unspecified atom stereocenters. The molecule has 2 aromatic rings. The Hall–Kier alpha value is -3.05. The molecule has 1 amide bonds. The van der Waals surface area contributed by atoms with Gasteiger partial charge < -0.3 is 19.1 Å². The molecular weight excluding hydrogens is 551 g/mol. The van der Waals surface area contributed by atoms with Crippen LogP contribution in [0.25, 0.3) is 0 Å². The molecule has 212 valence electrons. The van der Waals surface area contributed by atoms with E-state index in [1.165, 1.54) is 0 Å². The lowest BCUT2D eigenvalue weighted by molar-refractivity contribution is -0.141. The van der Waals surface area contributed by atoms with Crippen molar-refractivity contribution in [3.8, 4) is 17.6 Å². The van der Waals surface area contributed by atoms with Gasteiger partial charge in [-0.25, -0.2) is 9.78 Å². The smallest absolute Gasteiger partial charge is 0.336 e. The molecule has 0 spiro atoms. The van der Waals surface area contributed by atoms with Crippen LogP contribution >= 0.6 is 23.2 Å². The number of ether oxygens (including phenoxy) is 3. The highest BCUT2D eigenvalue weighted by Gasteiger charge is 2.38. The summed E-state index contributed by atoms with van der Waals surface area (Å²) in [6, 6.07) is 9.03. The van der Waals surface area contributed by atoms with Gasteiger partial charge in [0, 0.05) is 54.3 Å². The van der Waals surface area contributed by atoms with Gasteiger partial charge in [0.25, 0.3) is 0 Å². The van der Waals surface area contributed by atoms with E-state index in [-0.39, 0.29) is 25.0 Å². The minimum atomic E-state index is -0.496. The predicted molar refractivity (Wildman–Crippen MR) is 154 cm³/mol. The monoisotopic (exact) mass is 584 g/mol. The van der Waals surface area contributed by atoms with E-state index in [4.69, 9.17) is 37.4 Å². The van der Waals surface area contributed by atoms with Crippen LogP contribution in [0.1, 0.15) is 68.1 Å². The van der Waals surface area contributed by atoms with Gasteiger partial charge >= 0.3 is 5.97 Å². The first-order valence-corrected chi connectivity index (χ1v) is 14.5. The Labute approximate surface area is 245 Å². The van der Waals surface area contributed by atoms with E-state index in [1.807, 2.05) is 18.2 Å². The van der Waals surface area contributed by atoms with E-state index >= 15 is 0 Å². The number of nitrogens with zero attached hydrogens (tertiary/aromatic N) is 2. The van der Waals surface area contributed by atoms with Gasteiger partial charge in [-0.3, -0.25) is 4.79 Å². The lowest BCUT2D eigenvalue weighted by atomic mass is 9.84. The van der Waals surface area contributed by atoms with Crippen LogP contribution in [0, 0.1) is 11.8 Å². The fourth-order valence-electron chi connectivity index (χ4n) is 5.01. The predicted octanol–water partition coefficient (Wildman–Crippen LogP) is 6.02. The molecule has 2 atom stereocenters. The summed E-state index contributed by atoms with van der Waals surface area (Å²) in [4.78, 5) is 32.7. The number of amides is 1. The molecule has 0 N–H and O–H groups in total. The molecule has 2 aliphatic heterocycles. The lowest BCUT2D eigenvalue weighted by Gasteiger charge is -2.35. The summed E-state index contributed by atoms with van der Waals surface area (Å²) >= 11 is 11.7. The molecule has 2 aliphatic rings. The van der Waals surface area contributed by atoms with Crippen molar-refractivity contribution in [2.75, 3.05) is 26.1 Å². The Balaban J connectivity index is 1.55. The van der Waals surface area contributed by atoms with Gasteiger partial charge in [-0.1, -0.05) is 35.6 Å². The number of benzene rings is 1. The van der Waals surface area contributed by atoms with Crippen LogP contribution in [0.4, 0.5) is 0 Å². The molecular formula is C31H34Cl2N2O5. The summed E-state index contributed by atoms with van der Waals surface area (Å²) in [7, 11) is 1.57. The molecule has 4 rings (SSSR count). The molecule has 1 fully saturated rings. The van der Waals surface area contributed by atoms with Gasteiger partial charge in [-0.2, -0.15) is 0 Å². The number of alkyl halides is 1. The lowest BCUT2D eigenvalue weighted by Crippen LogP contribution is -2.42. The van der Waals surface area contributed by atoms with Crippen molar-refractivity contribution in [1.29, 1.82) is 0 Å². The highest BCUT2D eigenvalue weighted by atomic mass is 35.5. The van der Waals surface area contributed by atoms with E-state index in [2.05, 4.69) is 16.8 Å². The van der Waals surface area contributed by atoms with E-state index < -0.39 is 11.9 Å². The van der Waals surface area contributed by atoms with Crippen LogP contribution < -0.4 is 4.74 Å². The minimum absolute atomic E-state index is 0.00743. The quantitative estimate of drug-likeness (QED) is 0.112. The average Bonchev–Trinajstić information content (AvgIpc) is 3.47. The number of hydrogen-bond donors (Lipinski definition) is 0. The van der Waals surface area contributed by atoms with Crippen molar-refractivity contribution in [2.24, 2.45) is 0 Å². The second-order valence-corrected chi connectivity index (χ2v) is 10.6. The van der Waals surface area contributed by atoms with E-state index in [0.717, 1.165) is 48.8 Å². The molecule has 7 nitrogen and oxygen atoms in total. The van der Waals surface area contributed by atoms with Crippen molar-refractivity contribution >= 4 is 35.1 Å². The molecule has 40 heavy (non-hydrogen) atoms. The third-order valence-electron chi connectivity index (χ3n) is 7.17. The molecule has 1 saturated heterocycles. The van der Waals surface area contributed by atoms with Crippen molar-refractivity contribution in [2.45, 2.75) is 64.1 Å². The zero-order valence-corrected chi connectivity index (χ0v) is 24.4. The summed E-state index contributed by atoms with van der Waals surface area (Å²) < 4.78 is 17.2. The van der Waals surface area contributed by atoms with Crippen LogP contribution in [0.5, 0.6) is 5.75 Å². The summed E-state index contributed by atoms with van der Waals surface area (Å²) in [6.07, 6.45) is 6.21. The summed E-state index contributed by atoms with van der Waals surface area (Å²) in [6.45, 7) is 2.90. The van der Waals surface area contributed by atoms with E-state index in [0.29, 0.717) is 41.2 Å². The maximum atomic E-state index is 13.6. The topological polar surface area (TPSA) is 78.0 Å². The average molecular weight is 586 g/mol. The Morgan fingerprint density at radius 2 is 2.10 bits per heavy atom. The zero-order chi connectivity index (χ0) is 28.5. The number of hydrogen-bond acceptors (Lipinski definition) is 6. The molecule has 1 aromatic carbocycles. The molecule has 0 aliphatic carbocycles. The number of unbranched alkanes of at least 4 members (excludes halogenated alkanes) is 2. The number of halogens is 2. The molecule has 0 saturated carbocycles. The fraction of sp³-hybridized carbons (Fsp3) is 0.452. The first-order valence-electron chi connectivity index (χ1n) is 13.5. The zero-order valence-electron chi connectivity index (χ0n) is 22.9. The van der Waals surface area contributed by atoms with Crippen molar-refractivity contribution in [3.63, 3.8) is 0 Å². The maximum absolute atomic E-state index is 13.6. The maximum Gasteiger partial charge on any atom is 0.336 e. The van der Waals surface area contributed by atoms with Gasteiger partial charge in [0.1, 0.15) is 17.5 Å². The highest BCUT2D eigenvalue weighted by Crippen LogP contribution is 2.38. The third kappa shape index (κ3) is 7.57. The SMILES string of the molecule is COc1cc(C#CCCCCCl)ccc1COC(=O)C1=C(C)N(C[C@H]2CCCO2)C(=O)CC1c1ccc(Cl)nc1. The number of carbonyl (C=O) groups is 2. The Morgan fingerprint density at radius 1 is 1.25 bits per heavy atom. The highest BCUT2D eigenvalue weighted by molar-refractivity contribution is 6.29. The summed E-state index contributed by atoms with van der Waals surface area (Å²) in [5.41, 5.74) is 3.27. The van der Waals surface area contributed by atoms with E-state index in [9.17, 15) is 9.59 Å². The van der Waals surface area contributed by atoms with Crippen LogP contribution in [0.3, 0.4) is 0 Å². The van der Waals surface area contributed by atoms with Crippen molar-refractivity contribution in [1.82, 2.24) is 9.88 Å². The third-order valence-corrected chi connectivity index (χ3v) is 7.66. The largest absolute Gasteiger partial charge is 0.496 e. The summed E-state index contributed by atoms with van der Waals surface area (Å²) in [5, 5.41) is 0.339.